The third-order valence-electron chi connectivity index (χ3n) is 3.17. The van der Waals surface area contributed by atoms with Gasteiger partial charge in [-0.15, -0.1) is 0 Å². The first-order valence-electron chi connectivity index (χ1n) is 7.02. The highest BCUT2D eigenvalue weighted by atomic mass is 79.9. The minimum atomic E-state index is -0.785. The zero-order chi connectivity index (χ0) is 20.1. The van der Waals surface area contributed by atoms with Crippen LogP contribution in [0.1, 0.15) is 10.4 Å². The number of oxime groups is 1. The normalized spacial score (nSPS) is 12.3. The lowest BCUT2D eigenvalue weighted by Crippen LogP contribution is -2.13. The Morgan fingerprint density at radius 1 is 1.11 bits per heavy atom. The number of benzene rings is 2. The fourth-order valence-electron chi connectivity index (χ4n) is 1.97. The van der Waals surface area contributed by atoms with Crippen LogP contribution in [0, 0.1) is 11.6 Å². The summed E-state index contributed by atoms with van der Waals surface area (Å²) < 4.78 is 26.9. The van der Waals surface area contributed by atoms with Crippen LogP contribution in [0.3, 0.4) is 0 Å². The van der Waals surface area contributed by atoms with E-state index in [1.165, 1.54) is 24.3 Å². The monoisotopic (exact) mass is 503 g/mol. The molecule has 1 aliphatic rings. The van der Waals surface area contributed by atoms with Gasteiger partial charge in [-0.1, -0.05) is 11.2 Å². The van der Waals surface area contributed by atoms with E-state index in [9.17, 15) is 23.2 Å². The quantitative estimate of drug-likeness (QED) is 0.251. The van der Waals surface area contributed by atoms with Crippen LogP contribution >= 0.6 is 31.9 Å². The second-order valence-electron chi connectivity index (χ2n) is 4.90. The summed E-state index contributed by atoms with van der Waals surface area (Å²) in [6.45, 7) is 0. The van der Waals surface area contributed by atoms with Crippen molar-refractivity contribution in [2.24, 2.45) is 5.16 Å². The molecule has 7 nitrogen and oxygen atoms in total. The van der Waals surface area contributed by atoms with Gasteiger partial charge in [0.1, 0.15) is 6.21 Å². The van der Waals surface area contributed by atoms with Crippen molar-refractivity contribution < 1.29 is 28.4 Å². The molecule has 0 saturated carbocycles. The maximum atomic E-state index is 13.2. The van der Waals surface area contributed by atoms with Crippen molar-refractivity contribution in [2.75, 3.05) is 10.6 Å². The largest absolute Gasteiger partial charge is 0.411 e. The van der Waals surface area contributed by atoms with Gasteiger partial charge in [0.25, 0.3) is 17.6 Å². The van der Waals surface area contributed by atoms with Crippen LogP contribution in [0.4, 0.5) is 20.2 Å². The maximum Gasteiger partial charge on any atom is 0.296 e. The summed E-state index contributed by atoms with van der Waals surface area (Å²) in [5, 5.41) is 14.9. The molecule has 140 valence electrons. The first-order chi connectivity index (χ1) is 12.8. The second-order valence-corrected chi connectivity index (χ2v) is 6.61. The molecule has 0 aromatic heterocycles. The summed E-state index contributed by atoms with van der Waals surface area (Å²) in [5.74, 6) is -3.37. The zero-order valence-corrected chi connectivity index (χ0v) is 16.3. The van der Waals surface area contributed by atoms with Gasteiger partial charge in [-0.05, 0) is 56.1 Å². The fraction of sp³-hybridized carbons (Fsp3) is 0. The number of anilines is 2. The minimum Gasteiger partial charge on any atom is -0.411 e. The topological polar surface area (TPSA) is 108 Å². The molecule has 2 aromatic rings. The molecule has 1 heterocycles. The Bertz CT molecular complexity index is 967. The molecule has 0 radical (unpaired) electrons. The lowest BCUT2D eigenvalue weighted by molar-refractivity contribution is -0.112. The molecule has 0 atom stereocenters. The lowest BCUT2D eigenvalue weighted by atomic mass is 10.1. The number of carbonyl (C=O) groups is 3. The number of Topliss-reactive ketones (excluding diaryl/α,β-unsaturated/α-hetero) is 1. The first-order valence-corrected chi connectivity index (χ1v) is 8.61. The van der Waals surface area contributed by atoms with Crippen molar-refractivity contribution in [3.8, 4) is 0 Å². The number of hydrogen-bond acceptors (Lipinski definition) is 5. The lowest BCUT2D eigenvalue weighted by Gasteiger charge is -2.03. The Hall–Kier alpha value is -2.66. The van der Waals surface area contributed by atoms with E-state index >= 15 is 0 Å². The van der Waals surface area contributed by atoms with E-state index in [0.717, 1.165) is 0 Å². The van der Waals surface area contributed by atoms with E-state index in [-0.39, 0.29) is 25.9 Å². The molecular weight excluding hydrogens is 496 g/mol. The van der Waals surface area contributed by atoms with Gasteiger partial charge in [0, 0.05) is 0 Å². The average Bonchev–Trinajstić information content (AvgIpc) is 2.92. The average molecular weight is 505 g/mol. The van der Waals surface area contributed by atoms with Crippen LogP contribution in [-0.2, 0) is 9.59 Å². The van der Waals surface area contributed by atoms with E-state index in [1.807, 2.05) is 0 Å². The Labute approximate surface area is 167 Å². The van der Waals surface area contributed by atoms with Crippen molar-refractivity contribution in [1.82, 2.24) is 0 Å². The first kappa shape index (κ1) is 20.6. The highest BCUT2D eigenvalue weighted by Crippen LogP contribution is 2.30. The summed E-state index contributed by atoms with van der Waals surface area (Å²) in [4.78, 5) is 32.8. The highest BCUT2D eigenvalue weighted by molar-refractivity contribution is 9.10. The van der Waals surface area contributed by atoms with Crippen molar-refractivity contribution in [2.45, 2.75) is 0 Å². The van der Waals surface area contributed by atoms with Gasteiger partial charge < -0.3 is 15.8 Å². The number of nitrogens with one attached hydrogen (secondary N) is 2. The number of nitrogens with zero attached hydrogens (tertiary/aromatic N) is 1. The summed E-state index contributed by atoms with van der Waals surface area (Å²) in [5.41, 5.74) is 0.0688. The summed E-state index contributed by atoms with van der Waals surface area (Å²) in [6, 6.07) is 7.27. The van der Waals surface area contributed by atoms with Crippen LogP contribution < -0.4 is 10.6 Å². The number of hydrogen-bond donors (Lipinski definition) is 3. The molecule has 11 heteroatoms. The van der Waals surface area contributed by atoms with Crippen LogP contribution in [0.2, 0.25) is 0 Å². The number of fused-ring (bicyclic) bond motifs is 1. The second kappa shape index (κ2) is 8.82. The molecule has 0 unspecified atom stereocenters. The van der Waals surface area contributed by atoms with E-state index in [0.29, 0.717) is 6.21 Å². The van der Waals surface area contributed by atoms with Gasteiger partial charge in [-0.2, -0.15) is 0 Å². The fourth-order valence-corrected chi connectivity index (χ4v) is 2.67. The van der Waals surface area contributed by atoms with Gasteiger partial charge in [-0.25, -0.2) is 8.78 Å². The number of halogens is 4. The minimum absolute atomic E-state index is 0.0178. The third kappa shape index (κ3) is 4.74. The van der Waals surface area contributed by atoms with Crippen LogP contribution in [-0.4, -0.2) is 29.0 Å². The Morgan fingerprint density at radius 2 is 1.78 bits per heavy atom. The van der Waals surface area contributed by atoms with Crippen LogP contribution in [0.5, 0.6) is 0 Å². The maximum absolute atomic E-state index is 13.2. The van der Waals surface area contributed by atoms with Crippen LogP contribution in [0.15, 0.2) is 44.4 Å². The Balaban J connectivity index is 0.000000194. The Kier molecular flexibility index (Phi) is 6.75. The standard InChI is InChI=1S/C8H6BrFN2O2.C8H3BrFNO2/c9-5-2-1-3-6(8(5)10)12-7(13)4-11-14;9-4-2-1-3-6(5(4)10)11-8(13)7(3)12/h1-4,14H,(H,12,13);1-2H,(H,11,12,13). The van der Waals surface area contributed by atoms with Gasteiger partial charge >= 0.3 is 0 Å². The molecule has 1 aliphatic heterocycles. The van der Waals surface area contributed by atoms with Crippen LogP contribution in [0.25, 0.3) is 0 Å². The van der Waals surface area contributed by atoms with E-state index in [2.05, 4.69) is 47.6 Å². The molecule has 0 saturated heterocycles. The summed E-state index contributed by atoms with van der Waals surface area (Å²) in [6.07, 6.45) is 0.639. The number of rotatable bonds is 2. The van der Waals surface area contributed by atoms with Crippen molar-refractivity contribution in [3.05, 3.63) is 56.5 Å². The van der Waals surface area contributed by atoms with Crippen molar-refractivity contribution in [1.29, 1.82) is 0 Å². The zero-order valence-electron chi connectivity index (χ0n) is 13.1. The molecule has 3 rings (SSSR count). The molecule has 3 N–H and O–H groups in total. The van der Waals surface area contributed by atoms with Crippen molar-refractivity contribution >= 4 is 67.0 Å². The van der Waals surface area contributed by atoms with Crippen molar-refractivity contribution in [3.63, 3.8) is 0 Å². The van der Waals surface area contributed by atoms with E-state index < -0.39 is 29.2 Å². The molecule has 2 aromatic carbocycles. The molecule has 0 bridgehead atoms. The van der Waals surface area contributed by atoms with E-state index in [4.69, 9.17) is 5.21 Å². The predicted octanol–water partition coefficient (Wildman–Crippen LogP) is 3.71. The van der Waals surface area contributed by atoms with Gasteiger partial charge in [0.2, 0.25) is 0 Å². The molecule has 2 amide bonds. The molecular formula is C16H9Br2F2N3O4. The third-order valence-corrected chi connectivity index (χ3v) is 4.39. The van der Waals surface area contributed by atoms with E-state index in [1.54, 1.807) is 6.07 Å². The smallest absolute Gasteiger partial charge is 0.296 e. The molecule has 27 heavy (non-hydrogen) atoms. The summed E-state index contributed by atoms with van der Waals surface area (Å²) in [7, 11) is 0. The number of ketones is 1. The van der Waals surface area contributed by atoms with Gasteiger partial charge in [0.05, 0.1) is 25.9 Å². The van der Waals surface area contributed by atoms with Gasteiger partial charge in [0.15, 0.2) is 11.6 Å². The van der Waals surface area contributed by atoms with Gasteiger partial charge in [-0.3, -0.25) is 14.4 Å². The Morgan fingerprint density at radius 3 is 2.44 bits per heavy atom. The molecule has 0 spiro atoms. The molecule has 0 fully saturated rings. The highest BCUT2D eigenvalue weighted by Gasteiger charge is 2.30. The summed E-state index contributed by atoms with van der Waals surface area (Å²) >= 11 is 5.92. The number of carbonyl (C=O) groups excluding carboxylic acids is 3. The number of amides is 2. The molecule has 0 aliphatic carbocycles. The predicted molar refractivity (Wildman–Crippen MR) is 100 cm³/mol. The SMILES string of the molecule is O=C(C=NO)Nc1cccc(Br)c1F.O=C1Nc2c(ccc(Br)c2F)C1=O.